The molecule has 1 aliphatic carbocycles. The molecule has 1 amide bonds. The molecule has 0 saturated heterocycles. The van der Waals surface area contributed by atoms with E-state index in [1.165, 1.54) is 6.20 Å². The molecule has 1 atom stereocenters. The normalized spacial score (nSPS) is 17.6. The standard InChI is InChI=1S/C23H18Cl2N4O2/c24-13-9-10-15(17(25)11-13)21-20-18(7-4-8-19(20)30)28-22-16(12-26-29(21)22)23(31)27-14-5-2-1-3-6-14/h1-3,5-6,9-12,21,28H,4,7-8H2,(H,27,31)/t21-/m1/s1. The van der Waals surface area contributed by atoms with Gasteiger partial charge in [-0.1, -0.05) is 47.5 Å². The molecule has 0 fully saturated rings. The van der Waals surface area contributed by atoms with Crippen molar-refractivity contribution in [1.82, 2.24) is 9.78 Å². The number of hydrogen-bond donors (Lipinski definition) is 2. The molecule has 0 spiro atoms. The van der Waals surface area contributed by atoms with Crippen molar-refractivity contribution in [3.8, 4) is 0 Å². The van der Waals surface area contributed by atoms with E-state index in [0.717, 1.165) is 17.7 Å². The average Bonchev–Trinajstić information content (AvgIpc) is 3.17. The first-order chi connectivity index (χ1) is 15.0. The Bertz CT molecular complexity index is 1230. The first kappa shape index (κ1) is 19.8. The van der Waals surface area contributed by atoms with Crippen molar-refractivity contribution in [3.05, 3.63) is 87.2 Å². The molecule has 1 aromatic heterocycles. The molecular weight excluding hydrogens is 435 g/mol. The minimum Gasteiger partial charge on any atom is -0.343 e. The van der Waals surface area contributed by atoms with Gasteiger partial charge in [0.25, 0.3) is 5.91 Å². The number of rotatable bonds is 3. The van der Waals surface area contributed by atoms with Gasteiger partial charge >= 0.3 is 0 Å². The zero-order chi connectivity index (χ0) is 21.5. The van der Waals surface area contributed by atoms with Crippen molar-refractivity contribution in [1.29, 1.82) is 0 Å². The molecular formula is C23H18Cl2N4O2. The van der Waals surface area contributed by atoms with Crippen LogP contribution in [0.1, 0.15) is 41.2 Å². The molecule has 8 heteroatoms. The number of hydrogen-bond acceptors (Lipinski definition) is 4. The predicted molar refractivity (Wildman–Crippen MR) is 121 cm³/mol. The van der Waals surface area contributed by atoms with Crippen molar-refractivity contribution in [2.24, 2.45) is 0 Å². The van der Waals surface area contributed by atoms with E-state index in [-0.39, 0.29) is 11.7 Å². The highest BCUT2D eigenvalue weighted by Gasteiger charge is 2.38. The van der Waals surface area contributed by atoms with Gasteiger partial charge in [-0.15, -0.1) is 0 Å². The largest absolute Gasteiger partial charge is 0.343 e. The van der Waals surface area contributed by atoms with Gasteiger partial charge < -0.3 is 10.6 Å². The molecule has 31 heavy (non-hydrogen) atoms. The molecule has 5 rings (SSSR count). The van der Waals surface area contributed by atoms with Crippen LogP contribution < -0.4 is 10.6 Å². The second kappa shape index (κ2) is 7.87. The van der Waals surface area contributed by atoms with Crippen LogP contribution in [0.2, 0.25) is 10.0 Å². The van der Waals surface area contributed by atoms with E-state index in [4.69, 9.17) is 23.2 Å². The molecule has 2 N–H and O–H groups in total. The lowest BCUT2D eigenvalue weighted by molar-refractivity contribution is -0.116. The van der Waals surface area contributed by atoms with Gasteiger partial charge in [0.2, 0.25) is 0 Å². The highest BCUT2D eigenvalue weighted by atomic mass is 35.5. The Morgan fingerprint density at radius 1 is 1.13 bits per heavy atom. The van der Waals surface area contributed by atoms with Gasteiger partial charge in [-0.2, -0.15) is 5.10 Å². The number of carbonyl (C=O) groups is 2. The number of halogens is 2. The van der Waals surface area contributed by atoms with Crippen LogP contribution >= 0.6 is 23.2 Å². The summed E-state index contributed by atoms with van der Waals surface area (Å²) >= 11 is 12.6. The monoisotopic (exact) mass is 452 g/mol. The highest BCUT2D eigenvalue weighted by molar-refractivity contribution is 6.35. The molecule has 2 aromatic carbocycles. The SMILES string of the molecule is O=C1CCCC2=C1[C@@H](c1ccc(Cl)cc1Cl)n1ncc(C(=O)Nc3ccccc3)c1N2. The van der Waals surface area contributed by atoms with E-state index in [1.807, 2.05) is 36.4 Å². The Morgan fingerprint density at radius 2 is 1.94 bits per heavy atom. The van der Waals surface area contributed by atoms with Crippen LogP contribution in [0.3, 0.4) is 0 Å². The maximum atomic E-state index is 13.0. The van der Waals surface area contributed by atoms with Gasteiger partial charge in [0.1, 0.15) is 17.4 Å². The van der Waals surface area contributed by atoms with Crippen molar-refractivity contribution in [2.45, 2.75) is 25.3 Å². The summed E-state index contributed by atoms with van der Waals surface area (Å²) in [5, 5.41) is 11.6. The lowest BCUT2D eigenvalue weighted by atomic mass is 9.85. The number of allylic oxidation sites excluding steroid dienone is 2. The quantitative estimate of drug-likeness (QED) is 0.552. The summed E-state index contributed by atoms with van der Waals surface area (Å²) < 4.78 is 1.66. The summed E-state index contributed by atoms with van der Waals surface area (Å²) in [5.41, 5.74) is 3.25. The van der Waals surface area contributed by atoms with E-state index < -0.39 is 6.04 Å². The third-order valence-corrected chi connectivity index (χ3v) is 6.13. The lowest BCUT2D eigenvalue weighted by Gasteiger charge is -2.33. The van der Waals surface area contributed by atoms with Crippen molar-refractivity contribution in [3.63, 3.8) is 0 Å². The fraction of sp³-hybridized carbons (Fsp3) is 0.174. The van der Waals surface area contributed by atoms with Gasteiger partial charge in [0, 0.05) is 39.0 Å². The summed E-state index contributed by atoms with van der Waals surface area (Å²) in [7, 11) is 0. The summed E-state index contributed by atoms with van der Waals surface area (Å²) in [5.74, 6) is 0.311. The molecule has 2 aliphatic rings. The molecule has 0 unspecified atom stereocenters. The van der Waals surface area contributed by atoms with Crippen LogP contribution in [0.4, 0.5) is 11.5 Å². The minimum atomic E-state index is -0.526. The minimum absolute atomic E-state index is 0.0567. The van der Waals surface area contributed by atoms with E-state index in [9.17, 15) is 9.59 Å². The van der Waals surface area contributed by atoms with Crippen molar-refractivity contribution < 1.29 is 9.59 Å². The Kier molecular flexibility index (Phi) is 5.04. The average molecular weight is 453 g/mol. The number of Topliss-reactive ketones (excluding diaryl/α,β-unsaturated/α-hetero) is 1. The molecule has 156 valence electrons. The maximum absolute atomic E-state index is 13.0. The first-order valence-corrected chi connectivity index (χ1v) is 10.7. The molecule has 0 saturated carbocycles. The predicted octanol–water partition coefficient (Wildman–Crippen LogP) is 5.46. The number of aromatic nitrogens is 2. The number of anilines is 2. The number of amides is 1. The van der Waals surface area contributed by atoms with Crippen LogP contribution in [0.25, 0.3) is 0 Å². The maximum Gasteiger partial charge on any atom is 0.261 e. The van der Waals surface area contributed by atoms with E-state index in [2.05, 4.69) is 15.7 Å². The second-order valence-electron chi connectivity index (χ2n) is 7.53. The summed E-state index contributed by atoms with van der Waals surface area (Å²) in [6, 6.07) is 13.9. The van der Waals surface area contributed by atoms with Crippen LogP contribution in [0.5, 0.6) is 0 Å². The number of para-hydroxylation sites is 1. The Labute approximate surface area is 188 Å². The van der Waals surface area contributed by atoms with Gasteiger partial charge in [-0.05, 0) is 37.1 Å². The number of benzene rings is 2. The van der Waals surface area contributed by atoms with Crippen molar-refractivity contribution >= 4 is 46.4 Å². The summed E-state index contributed by atoms with van der Waals surface area (Å²) in [6.45, 7) is 0. The van der Waals surface area contributed by atoms with E-state index in [1.54, 1.807) is 16.8 Å². The Hall–Kier alpha value is -3.09. The topological polar surface area (TPSA) is 76.0 Å². The van der Waals surface area contributed by atoms with Gasteiger partial charge in [-0.25, -0.2) is 4.68 Å². The third-order valence-electron chi connectivity index (χ3n) is 5.57. The summed E-state index contributed by atoms with van der Waals surface area (Å²) in [6.07, 6.45) is 3.46. The lowest BCUT2D eigenvalue weighted by Crippen LogP contribution is -2.32. The molecule has 2 heterocycles. The smallest absolute Gasteiger partial charge is 0.261 e. The summed E-state index contributed by atoms with van der Waals surface area (Å²) in [4.78, 5) is 25.9. The molecule has 0 bridgehead atoms. The number of nitrogens with one attached hydrogen (secondary N) is 2. The van der Waals surface area contributed by atoms with E-state index in [0.29, 0.717) is 45.5 Å². The molecule has 6 nitrogen and oxygen atoms in total. The fourth-order valence-electron chi connectivity index (χ4n) is 4.16. The third kappa shape index (κ3) is 3.52. The zero-order valence-corrected chi connectivity index (χ0v) is 17.9. The van der Waals surface area contributed by atoms with Gasteiger partial charge in [-0.3, -0.25) is 9.59 Å². The Balaban J connectivity index is 1.61. The van der Waals surface area contributed by atoms with Crippen LogP contribution in [0.15, 0.2) is 66.0 Å². The van der Waals surface area contributed by atoms with Crippen molar-refractivity contribution in [2.75, 3.05) is 10.6 Å². The highest BCUT2D eigenvalue weighted by Crippen LogP contribution is 2.43. The van der Waals surface area contributed by atoms with Crippen LogP contribution in [0, 0.1) is 0 Å². The number of carbonyl (C=O) groups excluding carboxylic acids is 2. The van der Waals surface area contributed by atoms with Crippen LogP contribution in [-0.2, 0) is 4.79 Å². The molecule has 3 aromatic rings. The zero-order valence-electron chi connectivity index (χ0n) is 16.4. The first-order valence-electron chi connectivity index (χ1n) is 9.95. The fourth-order valence-corrected chi connectivity index (χ4v) is 4.67. The van der Waals surface area contributed by atoms with Crippen LogP contribution in [-0.4, -0.2) is 21.5 Å². The number of nitrogens with zero attached hydrogens (tertiary/aromatic N) is 2. The van der Waals surface area contributed by atoms with Gasteiger partial charge in [0.05, 0.1) is 6.20 Å². The molecule has 1 aliphatic heterocycles. The van der Waals surface area contributed by atoms with Gasteiger partial charge in [0.15, 0.2) is 5.78 Å². The number of fused-ring (bicyclic) bond motifs is 1. The Morgan fingerprint density at radius 3 is 2.71 bits per heavy atom. The number of ketones is 1. The molecule has 0 radical (unpaired) electrons. The van der Waals surface area contributed by atoms with E-state index >= 15 is 0 Å². The second-order valence-corrected chi connectivity index (χ2v) is 8.38.